The molecule has 2 aliphatic carbocycles. The van der Waals surface area contributed by atoms with Crippen LogP contribution in [0.4, 0.5) is 0 Å². The van der Waals surface area contributed by atoms with Gasteiger partial charge in [0, 0.05) is 31.3 Å². The van der Waals surface area contributed by atoms with Gasteiger partial charge in [0.25, 0.3) is 0 Å². The van der Waals surface area contributed by atoms with E-state index in [1.165, 1.54) is 43.7 Å². The molecule has 0 aromatic rings. The Morgan fingerprint density at radius 2 is 2.10 bits per heavy atom. The number of morpholine rings is 1. The molecule has 1 saturated carbocycles. The molecule has 5 heteroatoms. The molecule has 2 fully saturated rings. The lowest BCUT2D eigenvalue weighted by molar-refractivity contribution is 0.0410. The van der Waals surface area contributed by atoms with Crippen molar-refractivity contribution < 1.29 is 14.9 Å². The number of hydrogen-bond donors (Lipinski definition) is 2. The largest absolute Gasteiger partial charge is 0.392 e. The quantitative estimate of drug-likeness (QED) is 0.319. The summed E-state index contributed by atoms with van der Waals surface area (Å²) in [5.41, 5.74) is 1.59. The van der Waals surface area contributed by atoms with Gasteiger partial charge in [0.15, 0.2) is 0 Å². The van der Waals surface area contributed by atoms with Crippen molar-refractivity contribution in [3.05, 3.63) is 23.8 Å². The number of thioether (sulfide) groups is 1. The van der Waals surface area contributed by atoms with E-state index in [0.717, 1.165) is 45.6 Å². The molecule has 31 heavy (non-hydrogen) atoms. The van der Waals surface area contributed by atoms with Gasteiger partial charge >= 0.3 is 0 Å². The number of fused-ring (bicyclic) bond motifs is 1. The molecule has 0 unspecified atom stereocenters. The van der Waals surface area contributed by atoms with Crippen molar-refractivity contribution in [2.75, 3.05) is 44.4 Å². The Bertz CT molecular complexity index is 575. The second-order valence-corrected chi connectivity index (χ2v) is 11.2. The van der Waals surface area contributed by atoms with Crippen molar-refractivity contribution >= 4 is 11.8 Å². The van der Waals surface area contributed by atoms with E-state index in [9.17, 15) is 10.2 Å². The second-order valence-electron chi connectivity index (χ2n) is 9.99. The normalized spacial score (nSPS) is 31.2. The van der Waals surface area contributed by atoms with E-state index in [4.69, 9.17) is 4.74 Å². The molecule has 178 valence electrons. The fraction of sp³-hybridized carbons (Fsp3) is 0.846. The predicted octanol–water partition coefficient (Wildman–Crippen LogP) is 4.52. The van der Waals surface area contributed by atoms with Gasteiger partial charge in [-0.05, 0) is 49.2 Å². The lowest BCUT2D eigenvalue weighted by Gasteiger charge is -2.26. The molecule has 6 atom stereocenters. The second kappa shape index (κ2) is 13.4. The van der Waals surface area contributed by atoms with Crippen molar-refractivity contribution in [3.63, 3.8) is 0 Å². The van der Waals surface area contributed by atoms with Crippen LogP contribution in [0.5, 0.6) is 0 Å². The summed E-state index contributed by atoms with van der Waals surface area (Å²) in [6.45, 7) is 9.57. The Hall–Kier alpha value is -0.330. The van der Waals surface area contributed by atoms with E-state index >= 15 is 0 Å². The Labute approximate surface area is 194 Å². The van der Waals surface area contributed by atoms with Gasteiger partial charge in [-0.3, -0.25) is 4.90 Å². The molecule has 0 amide bonds. The predicted molar refractivity (Wildman–Crippen MR) is 131 cm³/mol. The highest BCUT2D eigenvalue weighted by molar-refractivity contribution is 7.99. The molecule has 1 aliphatic heterocycles. The Balaban J connectivity index is 1.35. The summed E-state index contributed by atoms with van der Waals surface area (Å²) in [7, 11) is 0. The van der Waals surface area contributed by atoms with E-state index in [2.05, 4.69) is 42.7 Å². The molecule has 0 aromatic heterocycles. The van der Waals surface area contributed by atoms with Gasteiger partial charge in [0.2, 0.25) is 0 Å². The summed E-state index contributed by atoms with van der Waals surface area (Å²) in [6, 6.07) is 0. The van der Waals surface area contributed by atoms with Crippen LogP contribution >= 0.6 is 11.8 Å². The first-order chi connectivity index (χ1) is 15.1. The molecule has 3 aliphatic rings. The van der Waals surface area contributed by atoms with Crippen LogP contribution in [0.1, 0.15) is 58.8 Å². The number of hydrogen-bond acceptors (Lipinski definition) is 5. The number of allylic oxidation sites excluding steroid dienone is 2. The molecule has 3 rings (SSSR count). The van der Waals surface area contributed by atoms with Crippen molar-refractivity contribution in [1.29, 1.82) is 0 Å². The number of aliphatic hydroxyl groups excluding tert-OH is 2. The number of aliphatic hydroxyl groups is 2. The highest BCUT2D eigenvalue weighted by atomic mass is 32.2. The van der Waals surface area contributed by atoms with Gasteiger partial charge in [0.05, 0.1) is 25.4 Å². The van der Waals surface area contributed by atoms with Crippen LogP contribution in [-0.2, 0) is 4.74 Å². The summed E-state index contributed by atoms with van der Waals surface area (Å²) < 4.78 is 5.42. The monoisotopic (exact) mass is 451 g/mol. The zero-order valence-corrected chi connectivity index (χ0v) is 20.6. The molecular formula is C26H45NO3S. The third kappa shape index (κ3) is 8.19. The van der Waals surface area contributed by atoms with Gasteiger partial charge in [-0.1, -0.05) is 56.9 Å². The van der Waals surface area contributed by atoms with Crippen LogP contribution in [0.2, 0.25) is 0 Å². The third-order valence-electron chi connectivity index (χ3n) is 7.42. The average Bonchev–Trinajstić information content (AvgIpc) is 3.27. The highest BCUT2D eigenvalue weighted by Gasteiger charge is 2.43. The van der Waals surface area contributed by atoms with Gasteiger partial charge in [-0.2, -0.15) is 11.8 Å². The minimum absolute atomic E-state index is 0.202. The van der Waals surface area contributed by atoms with Crippen LogP contribution in [0.3, 0.4) is 0 Å². The van der Waals surface area contributed by atoms with Crippen molar-refractivity contribution in [2.45, 2.75) is 71.0 Å². The molecule has 1 heterocycles. The number of unbranched alkanes of at least 4 members (excludes halogenated alkanes) is 1. The lowest BCUT2D eigenvalue weighted by atomic mass is 9.88. The van der Waals surface area contributed by atoms with Gasteiger partial charge in [0.1, 0.15) is 0 Å². The van der Waals surface area contributed by atoms with Crippen molar-refractivity contribution in [1.82, 2.24) is 4.90 Å². The summed E-state index contributed by atoms with van der Waals surface area (Å²) in [5, 5.41) is 21.0. The first-order valence-electron chi connectivity index (χ1n) is 12.7. The molecule has 4 nitrogen and oxygen atoms in total. The van der Waals surface area contributed by atoms with Gasteiger partial charge in [-0.25, -0.2) is 0 Å². The van der Waals surface area contributed by atoms with Crippen LogP contribution in [0, 0.1) is 23.7 Å². The fourth-order valence-electron chi connectivity index (χ4n) is 5.53. The zero-order valence-electron chi connectivity index (χ0n) is 19.8. The zero-order chi connectivity index (χ0) is 22.1. The fourth-order valence-corrected chi connectivity index (χ4v) is 6.53. The molecular weight excluding hydrogens is 406 g/mol. The number of rotatable bonds is 13. The van der Waals surface area contributed by atoms with Crippen molar-refractivity contribution in [2.24, 2.45) is 23.7 Å². The van der Waals surface area contributed by atoms with E-state index in [-0.39, 0.29) is 18.1 Å². The first-order valence-corrected chi connectivity index (χ1v) is 13.8. The molecule has 1 saturated heterocycles. The maximum Gasteiger partial charge on any atom is 0.0723 e. The molecule has 0 spiro atoms. The maximum absolute atomic E-state index is 10.6. The van der Waals surface area contributed by atoms with Crippen molar-refractivity contribution in [3.8, 4) is 0 Å². The van der Waals surface area contributed by atoms with Gasteiger partial charge < -0.3 is 14.9 Å². The number of ether oxygens (including phenoxy) is 1. The summed E-state index contributed by atoms with van der Waals surface area (Å²) in [4.78, 5) is 2.51. The van der Waals surface area contributed by atoms with E-state index in [1.54, 1.807) is 5.57 Å². The standard InChI is InChI=1S/C26H45NO3S/c1-3-4-5-20(2)16-23(28)6-7-24-25-18-21(17-22(25)19-26(24)29)8-14-31-15-11-27-9-12-30-13-10-27/h6-7,17,20,22-26,28-29H,3-5,8-16,18-19H2,1-2H3/b7-6+/t20-,22-,23+,24+,25-,26+/m0/s1. The summed E-state index contributed by atoms with van der Waals surface area (Å²) >= 11 is 2.07. The summed E-state index contributed by atoms with van der Waals surface area (Å²) in [5.74, 6) is 4.23. The Morgan fingerprint density at radius 1 is 1.29 bits per heavy atom. The van der Waals surface area contributed by atoms with E-state index in [1.807, 2.05) is 6.08 Å². The van der Waals surface area contributed by atoms with E-state index < -0.39 is 0 Å². The number of nitrogens with zero attached hydrogens (tertiary/aromatic N) is 1. The van der Waals surface area contributed by atoms with Crippen LogP contribution in [0.25, 0.3) is 0 Å². The van der Waals surface area contributed by atoms with Crippen LogP contribution < -0.4 is 0 Å². The average molecular weight is 452 g/mol. The third-order valence-corrected chi connectivity index (χ3v) is 8.39. The Kier molecular flexibility index (Phi) is 10.9. The maximum atomic E-state index is 10.6. The minimum Gasteiger partial charge on any atom is -0.392 e. The molecule has 2 N–H and O–H groups in total. The van der Waals surface area contributed by atoms with Crippen LogP contribution in [-0.4, -0.2) is 71.7 Å². The first kappa shape index (κ1) is 25.3. The summed E-state index contributed by atoms with van der Waals surface area (Å²) in [6.07, 6.45) is 13.6. The van der Waals surface area contributed by atoms with Gasteiger partial charge in [-0.15, -0.1) is 0 Å². The highest BCUT2D eigenvalue weighted by Crippen LogP contribution is 2.48. The minimum atomic E-state index is -0.380. The van der Waals surface area contributed by atoms with Crippen LogP contribution in [0.15, 0.2) is 23.8 Å². The van der Waals surface area contributed by atoms with E-state index in [0.29, 0.717) is 17.8 Å². The topological polar surface area (TPSA) is 52.9 Å². The Morgan fingerprint density at radius 3 is 2.87 bits per heavy atom. The molecule has 0 aromatic carbocycles. The lowest BCUT2D eigenvalue weighted by Crippen LogP contribution is -2.37. The molecule has 0 bridgehead atoms. The molecule has 0 radical (unpaired) electrons. The SMILES string of the molecule is CCCC[C@H](C)C[C@H](O)/C=C/[C@@H]1[C@H]2CC(CCSCCN3CCOCC3)=C[C@H]2C[C@H]1O. The smallest absolute Gasteiger partial charge is 0.0723 e.